The summed E-state index contributed by atoms with van der Waals surface area (Å²) in [6.07, 6.45) is 0. The minimum Gasteiger partial charge on any atom is -0.478 e. The normalized spacial score (nSPS) is 9.07. The SMILES string of the molecule is O=C(O)c1ccccc1.O=C(O)c1ccccc1.O=Ic1ccccc1Cl. The lowest BCUT2D eigenvalue weighted by atomic mass is 10.2. The molecule has 140 valence electrons. The summed E-state index contributed by atoms with van der Waals surface area (Å²) < 4.78 is 11.2. The Balaban J connectivity index is 0.000000202. The number of aromatic carboxylic acids is 2. The van der Waals surface area contributed by atoms with Gasteiger partial charge >= 0.3 is 11.9 Å². The highest BCUT2D eigenvalue weighted by molar-refractivity contribution is 14.1. The summed E-state index contributed by atoms with van der Waals surface area (Å²) >= 11 is 4.56. The maximum atomic E-state index is 10.4. The highest BCUT2D eigenvalue weighted by Crippen LogP contribution is 2.19. The van der Waals surface area contributed by atoms with Crippen LogP contribution in [0.3, 0.4) is 0 Å². The number of benzene rings is 3. The van der Waals surface area contributed by atoms with Gasteiger partial charge in [-0.2, -0.15) is 0 Å². The Morgan fingerprint density at radius 1 is 0.667 bits per heavy atom. The number of carboxylic acid groups (broad SMARTS) is 2. The first-order chi connectivity index (χ1) is 13.0. The fraction of sp³-hybridized carbons (Fsp3) is 0. The van der Waals surface area contributed by atoms with Crippen LogP contribution in [0.15, 0.2) is 84.9 Å². The molecule has 0 bridgehead atoms. The van der Waals surface area contributed by atoms with Crippen molar-refractivity contribution >= 4 is 44.7 Å². The lowest BCUT2D eigenvalue weighted by Crippen LogP contribution is -1.93. The quantitative estimate of drug-likeness (QED) is 0.459. The van der Waals surface area contributed by atoms with E-state index in [0.29, 0.717) is 16.1 Å². The van der Waals surface area contributed by atoms with E-state index >= 15 is 0 Å². The van der Waals surface area contributed by atoms with Crippen LogP contribution in [0.5, 0.6) is 0 Å². The summed E-state index contributed by atoms with van der Waals surface area (Å²) in [4.78, 5) is 20.4. The average Bonchev–Trinajstić information content (AvgIpc) is 2.70. The maximum absolute atomic E-state index is 10.4. The highest BCUT2D eigenvalue weighted by Gasteiger charge is 1.97. The Labute approximate surface area is 171 Å². The summed E-state index contributed by atoms with van der Waals surface area (Å²) in [6.45, 7) is 0. The molecule has 0 saturated carbocycles. The summed E-state index contributed by atoms with van der Waals surface area (Å²) in [5.41, 5.74) is 0.662. The molecule has 0 aromatic heterocycles. The van der Waals surface area contributed by atoms with Crippen molar-refractivity contribution in [3.05, 3.63) is 105 Å². The zero-order valence-electron chi connectivity index (χ0n) is 14.0. The topological polar surface area (TPSA) is 91.7 Å². The van der Waals surface area contributed by atoms with E-state index in [2.05, 4.69) is 0 Å². The van der Waals surface area contributed by atoms with Crippen molar-refractivity contribution in [2.24, 2.45) is 0 Å². The first-order valence-electron chi connectivity index (χ1n) is 7.54. The first kappa shape index (κ1) is 22.5. The fourth-order valence-corrected chi connectivity index (χ4v) is 2.74. The van der Waals surface area contributed by atoms with Crippen LogP contribution >= 0.6 is 32.8 Å². The molecule has 2 N–H and O–H groups in total. The molecule has 0 radical (unpaired) electrons. The van der Waals surface area contributed by atoms with Gasteiger partial charge in [0, 0.05) is 0 Å². The van der Waals surface area contributed by atoms with Crippen LogP contribution in [0.2, 0.25) is 5.02 Å². The summed E-state index contributed by atoms with van der Waals surface area (Å²) in [7, 11) is 0. The molecule has 7 heteroatoms. The second-order valence-electron chi connectivity index (χ2n) is 4.83. The van der Waals surface area contributed by atoms with Gasteiger partial charge in [-0.1, -0.05) is 60.1 Å². The molecule has 0 aliphatic heterocycles. The molecule has 5 nitrogen and oxygen atoms in total. The van der Waals surface area contributed by atoms with Crippen LogP contribution in [0.4, 0.5) is 0 Å². The monoisotopic (exact) mass is 498 g/mol. The Hall–Kier alpha value is -2.58. The highest BCUT2D eigenvalue weighted by atomic mass is 127. The third-order valence-electron chi connectivity index (χ3n) is 2.95. The van der Waals surface area contributed by atoms with Crippen molar-refractivity contribution in [3.8, 4) is 0 Å². The Bertz CT molecular complexity index is 820. The number of carbonyl (C=O) groups is 2. The molecule has 0 aliphatic rings. The van der Waals surface area contributed by atoms with Gasteiger partial charge in [-0.25, -0.2) is 9.59 Å². The summed E-state index contributed by atoms with van der Waals surface area (Å²) in [6, 6.07) is 23.8. The van der Waals surface area contributed by atoms with Crippen molar-refractivity contribution < 1.29 is 22.9 Å². The van der Waals surface area contributed by atoms with E-state index in [-0.39, 0.29) is 0 Å². The van der Waals surface area contributed by atoms with E-state index in [9.17, 15) is 12.7 Å². The molecular formula is C20H16ClIO5. The Kier molecular flexibility index (Phi) is 10.6. The molecule has 0 spiro atoms. The smallest absolute Gasteiger partial charge is 0.335 e. The first-order valence-corrected chi connectivity index (χ1v) is 9.87. The van der Waals surface area contributed by atoms with Gasteiger partial charge < -0.3 is 10.2 Å². The average molecular weight is 499 g/mol. The standard InChI is InChI=1S/2C7H6O2.C6H4ClIO/c2*8-7(9)6-4-2-1-3-5-6;7-5-3-1-2-4-6(5)8-9/h2*1-5H,(H,8,9);1-4H. The summed E-state index contributed by atoms with van der Waals surface area (Å²) in [5, 5.41) is 17.4. The van der Waals surface area contributed by atoms with Gasteiger partial charge in [0.25, 0.3) is 0 Å². The minimum atomic E-state index is -1.09. The van der Waals surface area contributed by atoms with Crippen LogP contribution in [0.25, 0.3) is 0 Å². The van der Waals surface area contributed by atoms with Gasteiger partial charge in [0.05, 0.1) is 19.7 Å². The van der Waals surface area contributed by atoms with Gasteiger partial charge in [-0.3, -0.25) is 3.07 Å². The summed E-state index contributed by atoms with van der Waals surface area (Å²) in [5.74, 6) is -1.76. The van der Waals surface area contributed by atoms with Crippen molar-refractivity contribution in [3.63, 3.8) is 0 Å². The largest absolute Gasteiger partial charge is 0.478 e. The van der Waals surface area contributed by atoms with E-state index in [1.165, 1.54) is 0 Å². The number of hydrogen-bond donors (Lipinski definition) is 2. The zero-order chi connectivity index (χ0) is 20.1. The third-order valence-corrected chi connectivity index (χ3v) is 5.01. The van der Waals surface area contributed by atoms with Crippen molar-refractivity contribution in [1.82, 2.24) is 0 Å². The molecule has 0 saturated heterocycles. The number of halogens is 2. The molecule has 0 amide bonds. The molecule has 0 heterocycles. The van der Waals surface area contributed by atoms with Crippen LogP contribution < -0.4 is 0 Å². The van der Waals surface area contributed by atoms with E-state index in [1.54, 1.807) is 72.8 Å². The zero-order valence-corrected chi connectivity index (χ0v) is 16.9. The van der Waals surface area contributed by atoms with Gasteiger partial charge in [0.2, 0.25) is 0 Å². The number of hydrogen-bond acceptors (Lipinski definition) is 3. The Morgan fingerprint density at radius 2 is 1.04 bits per heavy atom. The minimum absolute atomic E-state index is 0.331. The second-order valence-corrected chi connectivity index (χ2v) is 6.84. The van der Waals surface area contributed by atoms with E-state index < -0.39 is 33.1 Å². The third kappa shape index (κ3) is 9.07. The Morgan fingerprint density at radius 3 is 1.30 bits per heavy atom. The van der Waals surface area contributed by atoms with Crippen molar-refractivity contribution in [2.45, 2.75) is 0 Å². The lowest BCUT2D eigenvalue weighted by molar-refractivity contribution is 0.0686. The molecule has 0 fully saturated rings. The van der Waals surface area contributed by atoms with Crippen LogP contribution in [0.1, 0.15) is 20.7 Å². The maximum Gasteiger partial charge on any atom is 0.335 e. The van der Waals surface area contributed by atoms with Gasteiger partial charge in [-0.05, 0) is 36.4 Å². The van der Waals surface area contributed by atoms with Gasteiger partial charge in [0.15, 0.2) is 21.2 Å². The van der Waals surface area contributed by atoms with E-state index in [1.807, 2.05) is 12.1 Å². The predicted molar refractivity (Wildman–Crippen MR) is 112 cm³/mol. The van der Waals surface area contributed by atoms with Crippen molar-refractivity contribution in [1.29, 1.82) is 0 Å². The second kappa shape index (κ2) is 12.7. The molecule has 3 aromatic rings. The molecule has 0 aliphatic carbocycles. The molecule has 27 heavy (non-hydrogen) atoms. The molecule has 0 atom stereocenters. The van der Waals surface area contributed by atoms with E-state index in [0.717, 1.165) is 3.57 Å². The molecule has 3 rings (SSSR count). The van der Waals surface area contributed by atoms with Crippen LogP contribution in [-0.2, 0) is 3.07 Å². The number of rotatable bonds is 3. The lowest BCUT2D eigenvalue weighted by Gasteiger charge is -1.88. The van der Waals surface area contributed by atoms with Crippen LogP contribution in [0, 0.1) is 3.57 Å². The molecule has 3 aromatic carbocycles. The predicted octanol–water partition coefficient (Wildman–Crippen LogP) is 5.60. The number of carboxylic acids is 2. The van der Waals surface area contributed by atoms with Crippen molar-refractivity contribution in [2.75, 3.05) is 0 Å². The fourth-order valence-electron chi connectivity index (χ4n) is 1.66. The molecule has 0 unspecified atom stereocenters. The molecular weight excluding hydrogens is 483 g/mol. The van der Waals surface area contributed by atoms with Gasteiger partial charge in [-0.15, -0.1) is 0 Å². The van der Waals surface area contributed by atoms with Crippen LogP contribution in [-0.4, -0.2) is 22.2 Å². The van der Waals surface area contributed by atoms with Gasteiger partial charge in [0.1, 0.15) is 0 Å². The van der Waals surface area contributed by atoms with E-state index in [4.69, 9.17) is 21.8 Å².